The van der Waals surface area contributed by atoms with Crippen LogP contribution in [0.25, 0.3) is 10.8 Å². The van der Waals surface area contributed by atoms with Gasteiger partial charge in [0.15, 0.2) is 0 Å². The van der Waals surface area contributed by atoms with Gasteiger partial charge in [-0.15, -0.1) is 0 Å². The summed E-state index contributed by atoms with van der Waals surface area (Å²) in [5, 5.41) is 3.25. The Bertz CT molecular complexity index is 1450. The van der Waals surface area contributed by atoms with Crippen LogP contribution in [0.4, 0.5) is 0 Å². The highest BCUT2D eigenvalue weighted by molar-refractivity contribution is 6.31. The molecule has 0 amide bonds. The minimum absolute atomic E-state index is 0.751. The van der Waals surface area contributed by atoms with Crippen LogP contribution in [-0.2, 0) is 0 Å². The maximum absolute atomic E-state index is 5.93. The lowest BCUT2D eigenvalue weighted by molar-refractivity contribution is 0.297. The number of hydrogen-bond donors (Lipinski definition) is 0. The van der Waals surface area contributed by atoms with Gasteiger partial charge in [-0.25, -0.2) is 0 Å². The Morgan fingerprint density at radius 3 is 1.54 bits per heavy atom. The Morgan fingerprint density at radius 2 is 1.00 bits per heavy atom. The van der Waals surface area contributed by atoms with Gasteiger partial charge < -0.3 is 14.2 Å². The second-order valence-electron chi connectivity index (χ2n) is 14.2. The monoisotopic (exact) mass is 674 g/mol. The fourth-order valence-corrected chi connectivity index (χ4v) is 5.26. The summed E-state index contributed by atoms with van der Waals surface area (Å²) in [6.07, 6.45) is 7.06. The number of fused-ring (bicyclic) bond motifs is 1. The van der Waals surface area contributed by atoms with Crippen LogP contribution in [0.5, 0.6) is 17.2 Å². The van der Waals surface area contributed by atoms with Crippen molar-refractivity contribution in [2.24, 2.45) is 17.8 Å². The first-order valence-corrected chi connectivity index (χ1v) is 18.4. The van der Waals surface area contributed by atoms with Crippen LogP contribution in [0.2, 0.25) is 5.02 Å². The predicted octanol–water partition coefficient (Wildman–Crippen LogP) is 13.5. The molecule has 0 fully saturated rings. The molecule has 0 aromatic heterocycles. The van der Waals surface area contributed by atoms with Crippen LogP contribution in [0.3, 0.4) is 0 Å². The molecule has 0 atom stereocenters. The molecule has 0 spiro atoms. The minimum Gasteiger partial charge on any atom is -0.494 e. The SMILES string of the molecule is CC(C)CCCOc1cccc2ccccc12.Cc1cc(OCCCC(C)C)cc(C)c1C.Cc1cc(OCCCC(C)C)ccc1Cl. The van der Waals surface area contributed by atoms with Crippen molar-refractivity contribution in [3.63, 3.8) is 0 Å². The maximum atomic E-state index is 5.93. The van der Waals surface area contributed by atoms with Crippen molar-refractivity contribution in [3.05, 3.63) is 100 Å². The third-order valence-electron chi connectivity index (χ3n) is 8.35. The van der Waals surface area contributed by atoms with Crippen molar-refractivity contribution in [1.82, 2.24) is 0 Å². The molecule has 0 radical (unpaired) electrons. The summed E-state index contributed by atoms with van der Waals surface area (Å²) >= 11 is 5.93. The molecule has 4 rings (SSSR count). The Labute approximate surface area is 298 Å². The molecule has 0 unspecified atom stereocenters. The second-order valence-corrected chi connectivity index (χ2v) is 14.6. The lowest BCUT2D eigenvalue weighted by Gasteiger charge is -2.11. The van der Waals surface area contributed by atoms with Crippen molar-refractivity contribution >= 4 is 22.4 Å². The molecule has 0 aliphatic rings. The van der Waals surface area contributed by atoms with Gasteiger partial charge in [-0.1, -0.05) is 89.5 Å². The van der Waals surface area contributed by atoms with Gasteiger partial charge in [0.2, 0.25) is 0 Å². The molecule has 4 aromatic carbocycles. The number of halogens is 1. The van der Waals surface area contributed by atoms with Crippen LogP contribution in [0, 0.1) is 45.4 Å². The molecule has 48 heavy (non-hydrogen) atoms. The summed E-state index contributed by atoms with van der Waals surface area (Å²) in [4.78, 5) is 0. The van der Waals surface area contributed by atoms with Gasteiger partial charge in [0.1, 0.15) is 17.2 Å². The minimum atomic E-state index is 0.751. The molecule has 0 N–H and O–H groups in total. The van der Waals surface area contributed by atoms with E-state index >= 15 is 0 Å². The van der Waals surface area contributed by atoms with Gasteiger partial charge in [0.25, 0.3) is 0 Å². The Morgan fingerprint density at radius 1 is 0.521 bits per heavy atom. The number of aryl methyl sites for hydroxylation is 3. The molecule has 0 aliphatic heterocycles. The first-order valence-electron chi connectivity index (χ1n) is 18.1. The standard InChI is InChI=1S/C16H20O.C15H24O.C13H19ClO/c1-13(2)7-6-12-17-16-11-5-9-14-8-3-4-10-15(14)16;1-11(2)7-6-8-16-15-9-12(3)14(5)13(4)10-15;1-10(2)5-4-8-15-12-6-7-13(14)11(3)9-12/h3-5,8-11,13H,6-7,12H2,1-2H3;9-11H,6-8H2,1-5H3;6-7,9-10H,4-5,8H2,1-3H3. The van der Waals surface area contributed by atoms with E-state index in [1.807, 2.05) is 25.1 Å². The molecule has 264 valence electrons. The molecule has 0 bridgehead atoms. The molecule has 0 saturated heterocycles. The van der Waals surface area contributed by atoms with E-state index in [0.29, 0.717) is 0 Å². The highest BCUT2D eigenvalue weighted by atomic mass is 35.5. The fourth-order valence-electron chi connectivity index (χ4n) is 5.14. The normalized spacial score (nSPS) is 10.9. The van der Waals surface area contributed by atoms with E-state index in [1.165, 1.54) is 46.7 Å². The largest absolute Gasteiger partial charge is 0.494 e. The third-order valence-corrected chi connectivity index (χ3v) is 8.78. The van der Waals surface area contributed by atoms with E-state index in [2.05, 4.69) is 117 Å². The van der Waals surface area contributed by atoms with Crippen molar-refractivity contribution in [1.29, 1.82) is 0 Å². The molecule has 0 aliphatic carbocycles. The van der Waals surface area contributed by atoms with E-state index in [1.54, 1.807) is 0 Å². The van der Waals surface area contributed by atoms with Gasteiger partial charge in [-0.2, -0.15) is 0 Å². The summed E-state index contributed by atoms with van der Waals surface area (Å²) in [5.74, 6) is 5.22. The van der Waals surface area contributed by atoms with Crippen molar-refractivity contribution in [2.75, 3.05) is 19.8 Å². The molecular weight excluding hydrogens is 612 g/mol. The van der Waals surface area contributed by atoms with E-state index in [4.69, 9.17) is 25.8 Å². The number of ether oxygens (including phenoxy) is 3. The number of benzene rings is 4. The number of rotatable bonds is 15. The van der Waals surface area contributed by atoms with Crippen LogP contribution in [0.15, 0.2) is 72.8 Å². The molecular formula is C44H63ClO3. The summed E-state index contributed by atoms with van der Waals surface area (Å²) in [6, 6.07) is 24.7. The summed E-state index contributed by atoms with van der Waals surface area (Å²) in [7, 11) is 0. The average molecular weight is 675 g/mol. The highest BCUT2D eigenvalue weighted by Gasteiger charge is 2.04. The maximum Gasteiger partial charge on any atom is 0.127 e. The van der Waals surface area contributed by atoms with Crippen molar-refractivity contribution < 1.29 is 14.2 Å². The molecule has 3 nitrogen and oxygen atoms in total. The van der Waals surface area contributed by atoms with Gasteiger partial charge >= 0.3 is 0 Å². The van der Waals surface area contributed by atoms with E-state index in [0.717, 1.165) is 84.7 Å². The first-order chi connectivity index (χ1) is 22.9. The molecule has 0 saturated carbocycles. The Balaban J connectivity index is 0.000000251. The average Bonchev–Trinajstić information content (AvgIpc) is 3.04. The molecule has 4 aromatic rings. The summed E-state index contributed by atoms with van der Waals surface area (Å²) < 4.78 is 17.3. The fraction of sp³-hybridized carbons (Fsp3) is 0.500. The van der Waals surface area contributed by atoms with Gasteiger partial charge in [-0.05, 0) is 148 Å². The zero-order valence-corrected chi connectivity index (χ0v) is 32.4. The van der Waals surface area contributed by atoms with Crippen LogP contribution in [-0.4, -0.2) is 19.8 Å². The summed E-state index contributed by atoms with van der Waals surface area (Å²) in [6.45, 7) is 24.3. The highest BCUT2D eigenvalue weighted by Crippen LogP contribution is 2.26. The third kappa shape index (κ3) is 16.3. The van der Waals surface area contributed by atoms with Gasteiger partial charge in [-0.3, -0.25) is 0 Å². The van der Waals surface area contributed by atoms with Crippen molar-refractivity contribution in [2.45, 2.75) is 108 Å². The van der Waals surface area contributed by atoms with E-state index < -0.39 is 0 Å². The van der Waals surface area contributed by atoms with Crippen molar-refractivity contribution in [3.8, 4) is 17.2 Å². The lowest BCUT2D eigenvalue weighted by Crippen LogP contribution is -2.00. The zero-order chi connectivity index (χ0) is 35.5. The van der Waals surface area contributed by atoms with E-state index in [9.17, 15) is 0 Å². The summed E-state index contributed by atoms with van der Waals surface area (Å²) in [5.41, 5.74) is 5.07. The zero-order valence-electron chi connectivity index (χ0n) is 31.6. The van der Waals surface area contributed by atoms with Gasteiger partial charge in [0, 0.05) is 10.4 Å². The van der Waals surface area contributed by atoms with Gasteiger partial charge in [0.05, 0.1) is 19.8 Å². The topological polar surface area (TPSA) is 27.7 Å². The van der Waals surface area contributed by atoms with Crippen LogP contribution < -0.4 is 14.2 Å². The Kier molecular flexibility index (Phi) is 19.2. The van der Waals surface area contributed by atoms with Crippen LogP contribution in [0.1, 0.15) is 102 Å². The molecule has 0 heterocycles. The van der Waals surface area contributed by atoms with E-state index in [-0.39, 0.29) is 0 Å². The Hall–Kier alpha value is -3.17. The van der Waals surface area contributed by atoms with Crippen LogP contribution >= 0.6 is 11.6 Å². The quantitative estimate of drug-likeness (QED) is 0.117. The number of hydrogen-bond acceptors (Lipinski definition) is 3. The first kappa shape index (κ1) is 41.0. The lowest BCUT2D eigenvalue weighted by atomic mass is 10.0. The second kappa shape index (κ2) is 22.5. The molecule has 4 heteroatoms. The smallest absolute Gasteiger partial charge is 0.127 e. The predicted molar refractivity (Wildman–Crippen MR) is 209 cm³/mol.